The van der Waals surface area contributed by atoms with Crippen LogP contribution in [-0.4, -0.2) is 38.1 Å². The first kappa shape index (κ1) is 22.0. The summed E-state index contributed by atoms with van der Waals surface area (Å²) in [4.78, 5) is 23.7. The molecule has 2 aromatic rings. The fraction of sp³-hybridized carbons (Fsp3) is 0.316. The second kappa shape index (κ2) is 9.78. The molecule has 2 N–H and O–H groups in total. The number of rotatable bonds is 9. The highest BCUT2D eigenvalue weighted by Gasteiger charge is 2.19. The van der Waals surface area contributed by atoms with Gasteiger partial charge in [0.1, 0.15) is 12.3 Å². The molecule has 8 nitrogen and oxygen atoms in total. The number of nitro groups is 1. The summed E-state index contributed by atoms with van der Waals surface area (Å²) in [5, 5.41) is 13.8. The van der Waals surface area contributed by atoms with E-state index in [0.717, 1.165) is 10.5 Å². The van der Waals surface area contributed by atoms with Gasteiger partial charge in [-0.15, -0.1) is 0 Å². The van der Waals surface area contributed by atoms with Gasteiger partial charge >= 0.3 is 12.3 Å². The zero-order valence-electron chi connectivity index (χ0n) is 16.2. The number of benzene rings is 2. The summed E-state index contributed by atoms with van der Waals surface area (Å²) in [6.07, 6.45) is 0. The second-order valence-corrected chi connectivity index (χ2v) is 6.48. The number of halogens is 2. The number of aryl methyl sites for hydroxylation is 1. The Morgan fingerprint density at radius 3 is 2.48 bits per heavy atom. The molecule has 0 aliphatic rings. The Morgan fingerprint density at radius 2 is 1.93 bits per heavy atom. The van der Waals surface area contributed by atoms with E-state index >= 15 is 0 Å². The first-order valence-electron chi connectivity index (χ1n) is 8.67. The van der Waals surface area contributed by atoms with Crippen molar-refractivity contribution in [2.75, 3.05) is 26.0 Å². The van der Waals surface area contributed by atoms with E-state index in [-0.39, 0.29) is 29.6 Å². The smallest absolute Gasteiger partial charge is 0.387 e. The molecule has 2 aromatic carbocycles. The number of alkyl halides is 2. The van der Waals surface area contributed by atoms with Gasteiger partial charge in [0.15, 0.2) is 12.3 Å². The van der Waals surface area contributed by atoms with Crippen LogP contribution < -0.4 is 19.7 Å². The molecule has 0 fully saturated rings. The minimum atomic E-state index is -2.88. The molecule has 0 radical (unpaired) electrons. The number of anilines is 1. The van der Waals surface area contributed by atoms with Crippen molar-refractivity contribution < 1.29 is 32.9 Å². The van der Waals surface area contributed by atoms with E-state index in [2.05, 4.69) is 10.1 Å². The van der Waals surface area contributed by atoms with Crippen molar-refractivity contribution in [2.24, 2.45) is 0 Å². The minimum absolute atomic E-state index is 0.0581. The molecule has 0 spiro atoms. The van der Waals surface area contributed by atoms with E-state index in [9.17, 15) is 23.7 Å². The van der Waals surface area contributed by atoms with Gasteiger partial charge in [0.05, 0.1) is 19.1 Å². The molecule has 0 aromatic heterocycles. The standard InChI is InChI=1S/C19H21F2N3O5/c1-12-8-16(24(26)27)17(28-3)9-15(12)22-18(25)11-23(2)10-13-4-6-14(7-5-13)29-19(20)21/h4-9,19H,10-11H2,1-3H3,(H,22,25)/p+1. The van der Waals surface area contributed by atoms with Crippen molar-refractivity contribution >= 4 is 17.3 Å². The molecule has 1 unspecified atom stereocenters. The highest BCUT2D eigenvalue weighted by atomic mass is 19.3. The highest BCUT2D eigenvalue weighted by molar-refractivity contribution is 5.92. The van der Waals surface area contributed by atoms with Crippen LogP contribution in [-0.2, 0) is 11.3 Å². The van der Waals surface area contributed by atoms with E-state index in [1.807, 2.05) is 7.05 Å². The second-order valence-electron chi connectivity index (χ2n) is 6.48. The van der Waals surface area contributed by atoms with Crippen LogP contribution in [0.2, 0.25) is 0 Å². The molecule has 10 heteroatoms. The van der Waals surface area contributed by atoms with Gasteiger partial charge in [-0.2, -0.15) is 8.78 Å². The molecule has 0 aliphatic carbocycles. The summed E-state index contributed by atoms with van der Waals surface area (Å²) in [5.74, 6) is -0.149. The average Bonchev–Trinajstić information content (AvgIpc) is 2.63. The molecule has 0 bridgehead atoms. The van der Waals surface area contributed by atoms with Crippen LogP contribution in [0.15, 0.2) is 36.4 Å². The third-order valence-electron chi connectivity index (χ3n) is 4.11. The topological polar surface area (TPSA) is 95.1 Å². The molecule has 0 heterocycles. The zero-order chi connectivity index (χ0) is 21.6. The van der Waals surface area contributed by atoms with Crippen molar-refractivity contribution in [1.29, 1.82) is 0 Å². The number of nitrogens with zero attached hydrogens (tertiary/aromatic N) is 1. The first-order chi connectivity index (χ1) is 13.7. The Kier molecular flexibility index (Phi) is 7.43. The summed E-state index contributed by atoms with van der Waals surface area (Å²) in [7, 11) is 3.13. The number of hydrogen-bond acceptors (Lipinski definition) is 5. The number of carbonyl (C=O) groups excluding carboxylic acids is 1. The highest BCUT2D eigenvalue weighted by Crippen LogP contribution is 2.32. The van der Waals surface area contributed by atoms with Crippen LogP contribution >= 0.6 is 0 Å². The summed E-state index contributed by atoms with van der Waals surface area (Å²) in [5.41, 5.74) is 1.65. The lowest BCUT2D eigenvalue weighted by atomic mass is 10.1. The molecule has 0 saturated carbocycles. The number of quaternary nitrogens is 1. The van der Waals surface area contributed by atoms with E-state index in [4.69, 9.17) is 4.74 Å². The fourth-order valence-electron chi connectivity index (χ4n) is 2.78. The maximum Gasteiger partial charge on any atom is 0.387 e. The first-order valence-corrected chi connectivity index (χ1v) is 8.67. The van der Waals surface area contributed by atoms with Crippen molar-refractivity contribution in [3.8, 4) is 11.5 Å². The number of ether oxygens (including phenoxy) is 2. The molecule has 29 heavy (non-hydrogen) atoms. The summed E-state index contributed by atoms with van der Waals surface area (Å²) in [6.45, 7) is -0.597. The van der Waals surface area contributed by atoms with Gasteiger partial charge in [-0.05, 0) is 36.8 Å². The van der Waals surface area contributed by atoms with Gasteiger partial charge in [-0.1, -0.05) is 0 Å². The average molecular weight is 410 g/mol. The zero-order valence-corrected chi connectivity index (χ0v) is 16.2. The number of carbonyl (C=O) groups is 1. The van der Waals surface area contributed by atoms with Crippen molar-refractivity contribution in [3.05, 3.63) is 57.6 Å². The van der Waals surface area contributed by atoms with Gasteiger partial charge in [-0.25, -0.2) is 0 Å². The van der Waals surface area contributed by atoms with E-state index in [1.165, 1.54) is 31.4 Å². The minimum Gasteiger partial charge on any atom is -0.490 e. The molecule has 2 rings (SSSR count). The van der Waals surface area contributed by atoms with Crippen LogP contribution in [0.3, 0.4) is 0 Å². The van der Waals surface area contributed by atoms with E-state index in [0.29, 0.717) is 17.8 Å². The monoisotopic (exact) mass is 410 g/mol. The predicted molar refractivity (Wildman–Crippen MR) is 102 cm³/mol. The van der Waals surface area contributed by atoms with Gasteiger partial charge < -0.3 is 19.7 Å². The molecule has 1 atom stereocenters. The Hall–Kier alpha value is -3.27. The Balaban J connectivity index is 1.97. The fourth-order valence-corrected chi connectivity index (χ4v) is 2.78. The number of hydrogen-bond donors (Lipinski definition) is 2. The van der Waals surface area contributed by atoms with Crippen LogP contribution in [0, 0.1) is 17.0 Å². The van der Waals surface area contributed by atoms with Gasteiger partial charge in [-0.3, -0.25) is 14.9 Å². The number of methoxy groups -OCH3 is 1. The molecule has 0 saturated heterocycles. The summed E-state index contributed by atoms with van der Waals surface area (Å²) in [6, 6.07) is 8.97. The molecule has 1 amide bonds. The third kappa shape index (κ3) is 6.39. The Bertz CT molecular complexity index is 875. The SMILES string of the molecule is COc1cc(NC(=O)C[NH+](C)Cc2ccc(OC(F)F)cc2)c(C)cc1[N+](=O)[O-]. The molecule has 0 aliphatic heterocycles. The van der Waals surface area contributed by atoms with Gasteiger partial charge in [0.2, 0.25) is 0 Å². The van der Waals surface area contributed by atoms with Crippen LogP contribution in [0.25, 0.3) is 0 Å². The predicted octanol–water partition coefficient (Wildman–Crippen LogP) is 2.17. The van der Waals surface area contributed by atoms with E-state index < -0.39 is 11.5 Å². The number of likely N-dealkylation sites (N-methyl/N-ethyl adjacent to an activating group) is 1. The lowest BCUT2D eigenvalue weighted by molar-refractivity contribution is -0.885. The molecule has 156 valence electrons. The third-order valence-corrected chi connectivity index (χ3v) is 4.11. The summed E-state index contributed by atoms with van der Waals surface area (Å²) >= 11 is 0. The maximum atomic E-state index is 12.3. The molecular weight excluding hydrogens is 388 g/mol. The van der Waals surface area contributed by atoms with Crippen molar-refractivity contribution in [1.82, 2.24) is 0 Å². The quantitative estimate of drug-likeness (QED) is 0.488. The van der Waals surface area contributed by atoms with Gasteiger partial charge in [0, 0.05) is 23.4 Å². The van der Waals surface area contributed by atoms with Crippen LogP contribution in [0.1, 0.15) is 11.1 Å². The number of amides is 1. The molecular formula is C19H22F2N3O5+. The Morgan fingerprint density at radius 1 is 1.28 bits per heavy atom. The Labute approximate surface area is 166 Å². The normalized spacial score (nSPS) is 11.8. The number of nitro benzene ring substituents is 1. The largest absolute Gasteiger partial charge is 0.490 e. The van der Waals surface area contributed by atoms with Gasteiger partial charge in [0.25, 0.3) is 5.91 Å². The number of nitrogens with one attached hydrogen (secondary N) is 2. The summed E-state index contributed by atoms with van der Waals surface area (Å²) < 4.78 is 33.7. The van der Waals surface area contributed by atoms with Crippen molar-refractivity contribution in [3.63, 3.8) is 0 Å². The van der Waals surface area contributed by atoms with E-state index in [1.54, 1.807) is 19.1 Å². The lowest BCUT2D eigenvalue weighted by Gasteiger charge is -2.15. The maximum absolute atomic E-state index is 12.3. The lowest BCUT2D eigenvalue weighted by Crippen LogP contribution is -3.08. The van der Waals surface area contributed by atoms with Crippen LogP contribution in [0.5, 0.6) is 11.5 Å². The van der Waals surface area contributed by atoms with Crippen molar-refractivity contribution in [2.45, 2.75) is 20.1 Å². The van der Waals surface area contributed by atoms with Crippen LogP contribution in [0.4, 0.5) is 20.2 Å².